The van der Waals surface area contributed by atoms with Gasteiger partial charge in [-0.15, -0.1) is 11.6 Å². The maximum atomic E-state index is 14.8. The summed E-state index contributed by atoms with van der Waals surface area (Å²) in [5.41, 5.74) is 0.940. The number of hydrogen-bond donors (Lipinski definition) is 1. The predicted octanol–water partition coefficient (Wildman–Crippen LogP) is 3.86. The van der Waals surface area contributed by atoms with Gasteiger partial charge in [0.15, 0.2) is 5.82 Å². The highest BCUT2D eigenvalue weighted by atomic mass is 35.5. The van der Waals surface area contributed by atoms with E-state index in [1.165, 1.54) is 47.6 Å². The molecule has 3 aromatic rings. The summed E-state index contributed by atoms with van der Waals surface area (Å²) in [6, 6.07) is 10.1. The Bertz CT molecular complexity index is 1490. The molecular weight excluding hydrogens is 557 g/mol. The van der Waals surface area contributed by atoms with E-state index in [1.54, 1.807) is 37.9 Å². The molecule has 0 radical (unpaired) electrons. The van der Waals surface area contributed by atoms with Crippen LogP contribution in [0, 0.1) is 11.7 Å². The third-order valence-corrected chi connectivity index (χ3v) is 8.88. The van der Waals surface area contributed by atoms with Crippen LogP contribution >= 0.6 is 11.6 Å². The first-order valence-corrected chi connectivity index (χ1v) is 15.1. The number of benzene rings is 1. The normalized spacial score (nSPS) is 14.5. The third kappa shape index (κ3) is 5.91. The van der Waals surface area contributed by atoms with Gasteiger partial charge in [0.25, 0.3) is 10.0 Å². The van der Waals surface area contributed by atoms with Crippen LogP contribution in [-0.2, 0) is 26.2 Å². The van der Waals surface area contributed by atoms with Crippen molar-refractivity contribution in [2.45, 2.75) is 44.2 Å². The van der Waals surface area contributed by atoms with Crippen LogP contribution in [0.5, 0.6) is 0 Å². The van der Waals surface area contributed by atoms with Crippen LogP contribution in [0.25, 0.3) is 11.3 Å². The van der Waals surface area contributed by atoms with Crippen molar-refractivity contribution in [1.29, 1.82) is 0 Å². The van der Waals surface area contributed by atoms with Crippen molar-refractivity contribution in [1.82, 2.24) is 19.2 Å². The molecule has 1 aliphatic heterocycles. The number of nitrogens with one attached hydrogen (secondary N) is 1. The topological polar surface area (TPSA) is 105 Å². The average molecular weight is 590 g/mol. The summed E-state index contributed by atoms with van der Waals surface area (Å²) in [5.74, 6) is -1.53. The molecule has 1 N–H and O–H groups in total. The maximum absolute atomic E-state index is 14.8. The standard InChI is InChI=1S/C28H33ClFN5O4S/c1-19(2)35(28(37)21-10-13-33(14-11-21)26(36)16-29)27-25(9-6-12-32-27)40(38,39)34-18-20(17-31-3)15-24(34)22-7-4-5-8-23(22)30/h4-9,12,15,18-19,21,31H,10-11,13-14,16-17H2,1-3H3. The van der Waals surface area contributed by atoms with E-state index in [4.69, 9.17) is 11.6 Å². The number of likely N-dealkylation sites (tertiary alicyclic amines) is 1. The van der Waals surface area contributed by atoms with Gasteiger partial charge in [-0.1, -0.05) is 12.1 Å². The molecule has 1 aliphatic rings. The number of anilines is 1. The molecule has 0 aliphatic carbocycles. The van der Waals surface area contributed by atoms with Crippen molar-refractivity contribution in [3.63, 3.8) is 0 Å². The van der Waals surface area contributed by atoms with Gasteiger partial charge < -0.3 is 10.2 Å². The van der Waals surface area contributed by atoms with Crippen LogP contribution < -0.4 is 10.2 Å². The molecule has 9 nitrogen and oxygen atoms in total. The van der Waals surface area contributed by atoms with Crippen molar-refractivity contribution in [2.24, 2.45) is 5.92 Å². The highest BCUT2D eigenvalue weighted by Crippen LogP contribution is 2.34. The number of nitrogens with zero attached hydrogens (tertiary/aromatic N) is 4. The van der Waals surface area contributed by atoms with Gasteiger partial charge in [0, 0.05) is 49.6 Å². The molecular formula is C28H33ClFN5O4S. The van der Waals surface area contributed by atoms with E-state index in [0.717, 1.165) is 3.97 Å². The van der Waals surface area contributed by atoms with E-state index in [-0.39, 0.29) is 39.7 Å². The fourth-order valence-electron chi connectivity index (χ4n) is 4.99. The number of hydrogen-bond acceptors (Lipinski definition) is 6. The molecule has 1 fully saturated rings. The summed E-state index contributed by atoms with van der Waals surface area (Å²) < 4.78 is 44.4. The van der Waals surface area contributed by atoms with E-state index in [0.29, 0.717) is 38.0 Å². The smallest absolute Gasteiger partial charge is 0.271 e. The quantitative estimate of drug-likeness (QED) is 0.380. The number of amides is 2. The number of piperidine rings is 1. The number of carbonyl (C=O) groups excluding carboxylic acids is 2. The molecule has 0 bridgehead atoms. The van der Waals surface area contributed by atoms with E-state index < -0.39 is 27.8 Å². The predicted molar refractivity (Wildman–Crippen MR) is 152 cm³/mol. The minimum Gasteiger partial charge on any atom is -0.342 e. The van der Waals surface area contributed by atoms with Crippen LogP contribution in [0.4, 0.5) is 10.2 Å². The minimum atomic E-state index is -4.33. The van der Waals surface area contributed by atoms with Crippen LogP contribution in [0.2, 0.25) is 0 Å². The molecule has 3 heterocycles. The lowest BCUT2D eigenvalue weighted by Gasteiger charge is -2.35. The van der Waals surface area contributed by atoms with Gasteiger partial charge in [0.2, 0.25) is 11.8 Å². The number of halogens is 2. The second-order valence-electron chi connectivity index (χ2n) is 9.96. The minimum absolute atomic E-state index is 0.00474. The molecule has 1 aromatic carbocycles. The monoisotopic (exact) mass is 589 g/mol. The highest BCUT2D eigenvalue weighted by molar-refractivity contribution is 7.90. The molecule has 214 valence electrons. The summed E-state index contributed by atoms with van der Waals surface area (Å²) in [6.45, 7) is 4.74. The van der Waals surface area contributed by atoms with Crippen molar-refractivity contribution >= 4 is 39.3 Å². The lowest BCUT2D eigenvalue weighted by atomic mass is 9.94. The van der Waals surface area contributed by atoms with Gasteiger partial charge in [-0.3, -0.25) is 14.5 Å². The van der Waals surface area contributed by atoms with Crippen LogP contribution in [-0.4, -0.2) is 66.1 Å². The Morgan fingerprint density at radius 1 is 1.18 bits per heavy atom. The van der Waals surface area contributed by atoms with Gasteiger partial charge in [-0.25, -0.2) is 21.8 Å². The Morgan fingerprint density at radius 3 is 2.50 bits per heavy atom. The van der Waals surface area contributed by atoms with E-state index in [9.17, 15) is 22.4 Å². The van der Waals surface area contributed by atoms with Gasteiger partial charge in [-0.05, 0) is 69.6 Å². The molecule has 0 spiro atoms. The molecule has 40 heavy (non-hydrogen) atoms. The third-order valence-electron chi connectivity index (χ3n) is 6.95. The number of alkyl halides is 1. The second kappa shape index (κ2) is 12.5. The maximum Gasteiger partial charge on any atom is 0.271 e. The lowest BCUT2D eigenvalue weighted by molar-refractivity contribution is -0.132. The number of rotatable bonds is 9. The summed E-state index contributed by atoms with van der Waals surface area (Å²) in [5, 5.41) is 2.99. The fraction of sp³-hybridized carbons (Fsp3) is 0.393. The van der Waals surface area contributed by atoms with Crippen molar-refractivity contribution < 1.29 is 22.4 Å². The Labute approximate surface area is 239 Å². The Hall–Kier alpha value is -3.28. The van der Waals surface area contributed by atoms with E-state index in [2.05, 4.69) is 10.3 Å². The molecule has 0 atom stereocenters. The zero-order valence-corrected chi connectivity index (χ0v) is 24.3. The van der Waals surface area contributed by atoms with E-state index >= 15 is 0 Å². The lowest BCUT2D eigenvalue weighted by Crippen LogP contribution is -2.47. The van der Waals surface area contributed by atoms with Crippen LogP contribution in [0.15, 0.2) is 59.8 Å². The number of pyridine rings is 1. The van der Waals surface area contributed by atoms with Crippen molar-refractivity contribution in [3.05, 3.63) is 66.2 Å². The molecule has 2 aromatic heterocycles. The zero-order chi connectivity index (χ0) is 29.0. The molecule has 0 saturated carbocycles. The molecule has 12 heteroatoms. The SMILES string of the molecule is CNCc1cc(-c2ccccc2F)n(S(=O)(=O)c2cccnc2N(C(=O)C2CCN(C(=O)CCl)CC2)C(C)C)c1. The Balaban J connectivity index is 1.76. The fourth-order valence-corrected chi connectivity index (χ4v) is 6.69. The summed E-state index contributed by atoms with van der Waals surface area (Å²) in [7, 11) is -2.60. The van der Waals surface area contributed by atoms with Gasteiger partial charge in [-0.2, -0.15) is 0 Å². The average Bonchev–Trinajstić information content (AvgIpc) is 3.38. The number of carbonyl (C=O) groups is 2. The first kappa shape index (κ1) is 29.7. The van der Waals surface area contributed by atoms with Crippen LogP contribution in [0.1, 0.15) is 32.3 Å². The molecule has 2 amide bonds. The molecule has 4 rings (SSSR count). The Kier molecular flexibility index (Phi) is 9.27. The summed E-state index contributed by atoms with van der Waals surface area (Å²) in [4.78, 5) is 33.1. The highest BCUT2D eigenvalue weighted by Gasteiger charge is 2.36. The molecule has 1 saturated heterocycles. The van der Waals surface area contributed by atoms with E-state index in [1.807, 2.05) is 0 Å². The van der Waals surface area contributed by atoms with Crippen LogP contribution in [0.3, 0.4) is 0 Å². The Morgan fingerprint density at radius 2 is 1.88 bits per heavy atom. The van der Waals surface area contributed by atoms with Crippen molar-refractivity contribution in [2.75, 3.05) is 30.9 Å². The van der Waals surface area contributed by atoms with Gasteiger partial charge in [0.05, 0.1) is 5.69 Å². The number of aromatic nitrogens is 2. The largest absolute Gasteiger partial charge is 0.342 e. The first-order chi connectivity index (χ1) is 19.1. The summed E-state index contributed by atoms with van der Waals surface area (Å²) >= 11 is 5.69. The van der Waals surface area contributed by atoms with Crippen molar-refractivity contribution in [3.8, 4) is 11.3 Å². The first-order valence-electron chi connectivity index (χ1n) is 13.1. The zero-order valence-electron chi connectivity index (χ0n) is 22.7. The summed E-state index contributed by atoms with van der Waals surface area (Å²) in [6.07, 6.45) is 3.76. The second-order valence-corrected chi connectivity index (χ2v) is 12.0. The molecule has 0 unspecified atom stereocenters. The van der Waals surface area contributed by atoms with Gasteiger partial charge >= 0.3 is 0 Å². The van der Waals surface area contributed by atoms with Gasteiger partial charge in [0.1, 0.15) is 16.6 Å².